The Hall–Kier alpha value is -0.740. The molecule has 4 nitrogen and oxygen atoms in total. The zero-order valence-electron chi connectivity index (χ0n) is 13.3. The van der Waals surface area contributed by atoms with Crippen LogP contribution in [-0.4, -0.2) is 34.5 Å². The molecule has 0 amide bonds. The maximum atomic E-state index is 11.8. The van der Waals surface area contributed by atoms with Gasteiger partial charge in [0.25, 0.3) is 0 Å². The molecule has 2 N–H and O–H groups in total. The molecule has 0 aromatic rings. The molecule has 0 aliphatic heterocycles. The predicted octanol–water partition coefficient (Wildman–Crippen LogP) is 2.50. The van der Waals surface area contributed by atoms with Gasteiger partial charge in [-0.15, -0.1) is 0 Å². The first-order valence-corrected chi connectivity index (χ1v) is 7.54. The zero-order valence-corrected chi connectivity index (χ0v) is 13.3. The second-order valence-electron chi connectivity index (χ2n) is 6.69. The van der Waals surface area contributed by atoms with Gasteiger partial charge in [-0.2, -0.15) is 0 Å². The van der Waals surface area contributed by atoms with Crippen LogP contribution in [0.5, 0.6) is 0 Å². The van der Waals surface area contributed by atoms with E-state index in [1.807, 2.05) is 0 Å². The molecule has 4 heteroatoms. The lowest BCUT2D eigenvalue weighted by molar-refractivity contribution is -0.135. The molecule has 118 valence electrons. The molecule has 0 radical (unpaired) electrons. The summed E-state index contributed by atoms with van der Waals surface area (Å²) in [6.07, 6.45) is 2.45. The normalized spacial score (nSPS) is 13.6. The van der Waals surface area contributed by atoms with Crippen molar-refractivity contribution in [3.8, 4) is 0 Å². The molecule has 0 bridgehead atoms. The van der Waals surface area contributed by atoms with Crippen LogP contribution in [0.4, 0.5) is 0 Å². The van der Waals surface area contributed by atoms with Crippen molar-refractivity contribution in [2.45, 2.75) is 72.3 Å². The van der Waals surface area contributed by atoms with Crippen molar-refractivity contribution in [2.75, 3.05) is 6.61 Å². The number of hydrogen-bond donors (Lipinski definition) is 2. The van der Waals surface area contributed by atoms with Crippen LogP contribution in [0.1, 0.15) is 66.2 Å². The van der Waals surface area contributed by atoms with Gasteiger partial charge >= 0.3 is 0 Å². The molecule has 0 aliphatic carbocycles. The number of hydrogen-bond acceptors (Lipinski definition) is 4. The largest absolute Gasteiger partial charge is 0.396 e. The molecule has 0 fully saturated rings. The molecule has 0 aliphatic rings. The van der Waals surface area contributed by atoms with E-state index in [-0.39, 0.29) is 24.6 Å². The average Bonchev–Trinajstić information content (AvgIpc) is 2.37. The van der Waals surface area contributed by atoms with E-state index in [0.717, 1.165) is 12.8 Å². The quantitative estimate of drug-likeness (QED) is 0.612. The topological polar surface area (TPSA) is 74.6 Å². The molecule has 0 aromatic carbocycles. The third-order valence-corrected chi connectivity index (χ3v) is 3.57. The molecule has 0 saturated carbocycles. The zero-order chi connectivity index (χ0) is 15.8. The summed E-state index contributed by atoms with van der Waals surface area (Å²) in [5.41, 5.74) is -0.821. The first kappa shape index (κ1) is 19.3. The van der Waals surface area contributed by atoms with Crippen molar-refractivity contribution < 1.29 is 19.8 Å². The van der Waals surface area contributed by atoms with Gasteiger partial charge in [0.05, 0.1) is 6.61 Å². The standard InChI is InChI=1S/C16H30O4/c1-12(2)7-5-8-13(18)9-6-10-14(19)15(20)16(3,4)11-17/h12,15,17,20H,5-11H2,1-4H3/t15-/m1/s1. The van der Waals surface area contributed by atoms with Crippen LogP contribution in [0.25, 0.3) is 0 Å². The fourth-order valence-electron chi connectivity index (χ4n) is 1.95. The van der Waals surface area contributed by atoms with Gasteiger partial charge in [-0.25, -0.2) is 0 Å². The van der Waals surface area contributed by atoms with Gasteiger partial charge in [0.15, 0.2) is 5.78 Å². The summed E-state index contributed by atoms with van der Waals surface area (Å²) in [4.78, 5) is 23.4. The summed E-state index contributed by atoms with van der Waals surface area (Å²) in [7, 11) is 0. The van der Waals surface area contributed by atoms with Crippen molar-refractivity contribution in [2.24, 2.45) is 11.3 Å². The van der Waals surface area contributed by atoms with Crippen molar-refractivity contribution >= 4 is 11.6 Å². The Morgan fingerprint density at radius 3 is 2.10 bits per heavy atom. The molecule has 0 spiro atoms. The summed E-state index contributed by atoms with van der Waals surface area (Å²) in [6, 6.07) is 0. The minimum absolute atomic E-state index is 0.189. The summed E-state index contributed by atoms with van der Waals surface area (Å²) in [5.74, 6) is 0.508. The monoisotopic (exact) mass is 286 g/mol. The SMILES string of the molecule is CC(C)CCCC(=O)CCCC(=O)[C@@H](O)C(C)(C)CO. The molecular formula is C16H30O4. The molecule has 1 atom stereocenters. The molecule has 0 saturated heterocycles. The number of carbonyl (C=O) groups excluding carboxylic acids is 2. The van der Waals surface area contributed by atoms with Crippen LogP contribution in [0.15, 0.2) is 0 Å². The Balaban J connectivity index is 3.89. The number of rotatable bonds is 11. The van der Waals surface area contributed by atoms with Crippen molar-refractivity contribution in [3.05, 3.63) is 0 Å². The first-order valence-electron chi connectivity index (χ1n) is 7.54. The highest BCUT2D eigenvalue weighted by atomic mass is 16.3. The van der Waals surface area contributed by atoms with Crippen LogP contribution in [-0.2, 0) is 9.59 Å². The van der Waals surface area contributed by atoms with Crippen molar-refractivity contribution in [1.29, 1.82) is 0 Å². The van der Waals surface area contributed by atoms with Gasteiger partial charge in [-0.3, -0.25) is 9.59 Å². The molecule has 0 unspecified atom stereocenters. The summed E-state index contributed by atoms with van der Waals surface area (Å²) >= 11 is 0. The fraction of sp³-hybridized carbons (Fsp3) is 0.875. The fourth-order valence-corrected chi connectivity index (χ4v) is 1.95. The van der Waals surface area contributed by atoms with Crippen LogP contribution in [0.2, 0.25) is 0 Å². The first-order chi connectivity index (χ1) is 9.20. The van der Waals surface area contributed by atoms with Gasteiger partial charge < -0.3 is 10.2 Å². The summed E-state index contributed by atoms with van der Waals surface area (Å²) in [5, 5.41) is 18.9. The Morgan fingerprint density at radius 1 is 1.05 bits per heavy atom. The lowest BCUT2D eigenvalue weighted by atomic mass is 9.84. The lowest BCUT2D eigenvalue weighted by Gasteiger charge is -2.26. The highest BCUT2D eigenvalue weighted by molar-refractivity contribution is 5.84. The van der Waals surface area contributed by atoms with Gasteiger partial charge in [-0.05, 0) is 18.8 Å². The number of aliphatic hydroxyl groups is 2. The van der Waals surface area contributed by atoms with E-state index in [0.29, 0.717) is 25.2 Å². The summed E-state index contributed by atoms with van der Waals surface area (Å²) in [6.45, 7) is 7.31. The number of aliphatic hydroxyl groups excluding tert-OH is 2. The maximum Gasteiger partial charge on any atom is 0.161 e. The van der Waals surface area contributed by atoms with Crippen LogP contribution in [0, 0.1) is 11.3 Å². The van der Waals surface area contributed by atoms with E-state index in [2.05, 4.69) is 13.8 Å². The Labute approximate surface area is 122 Å². The molecule has 0 rings (SSSR count). The molecule has 20 heavy (non-hydrogen) atoms. The summed E-state index contributed by atoms with van der Waals surface area (Å²) < 4.78 is 0. The van der Waals surface area contributed by atoms with Crippen molar-refractivity contribution in [3.63, 3.8) is 0 Å². The second kappa shape index (κ2) is 9.24. The van der Waals surface area contributed by atoms with Gasteiger partial charge in [0.2, 0.25) is 0 Å². The molecular weight excluding hydrogens is 256 g/mol. The highest BCUT2D eigenvalue weighted by Gasteiger charge is 2.32. The van der Waals surface area contributed by atoms with E-state index >= 15 is 0 Å². The van der Waals surface area contributed by atoms with E-state index in [1.165, 1.54) is 0 Å². The smallest absolute Gasteiger partial charge is 0.161 e. The van der Waals surface area contributed by atoms with E-state index in [1.54, 1.807) is 13.8 Å². The van der Waals surface area contributed by atoms with Gasteiger partial charge in [-0.1, -0.05) is 34.1 Å². The third kappa shape index (κ3) is 7.75. The maximum absolute atomic E-state index is 11.8. The van der Waals surface area contributed by atoms with Gasteiger partial charge in [0.1, 0.15) is 11.9 Å². The van der Waals surface area contributed by atoms with E-state index < -0.39 is 11.5 Å². The predicted molar refractivity (Wildman–Crippen MR) is 79.4 cm³/mol. The van der Waals surface area contributed by atoms with Crippen molar-refractivity contribution in [1.82, 2.24) is 0 Å². The highest BCUT2D eigenvalue weighted by Crippen LogP contribution is 2.22. The van der Waals surface area contributed by atoms with Crippen LogP contribution < -0.4 is 0 Å². The van der Waals surface area contributed by atoms with Crippen LogP contribution in [0.3, 0.4) is 0 Å². The molecule has 0 heterocycles. The third-order valence-electron chi connectivity index (χ3n) is 3.57. The van der Waals surface area contributed by atoms with Gasteiger partial charge in [0, 0.05) is 24.7 Å². The second-order valence-corrected chi connectivity index (χ2v) is 6.69. The molecule has 0 aromatic heterocycles. The van der Waals surface area contributed by atoms with E-state index in [9.17, 15) is 14.7 Å². The average molecular weight is 286 g/mol. The number of Topliss-reactive ketones (excluding diaryl/α,β-unsaturated/α-hetero) is 2. The Morgan fingerprint density at radius 2 is 1.60 bits per heavy atom. The lowest BCUT2D eigenvalue weighted by Crippen LogP contribution is -2.39. The minimum atomic E-state index is -1.16. The Bertz CT molecular complexity index is 308. The number of ketones is 2. The van der Waals surface area contributed by atoms with Crippen LogP contribution >= 0.6 is 0 Å². The van der Waals surface area contributed by atoms with E-state index in [4.69, 9.17) is 5.11 Å². The Kier molecular flexibility index (Phi) is 8.90. The number of carbonyl (C=O) groups is 2. The minimum Gasteiger partial charge on any atom is -0.396 e.